The van der Waals surface area contributed by atoms with Gasteiger partial charge in [-0.25, -0.2) is 17.5 Å². The molecule has 1 atom stereocenters. The average molecular weight is 503 g/mol. The number of halogens is 1. The molecular weight excluding hydrogens is 463 g/mol. The predicted octanol–water partition coefficient (Wildman–Crippen LogP) is 4.35. The maximum absolute atomic E-state index is 13.5. The zero-order chi connectivity index (χ0) is 24.5. The fraction of sp³-hybridized carbons (Fsp3) is 0.593. The molecule has 35 heavy (non-hydrogen) atoms. The standard InChI is InChI=1S/C27H39FN4O2S/c28-24-14-12-23(13-15-24)27(26-11-5-6-16-29-26)32-20-18-31(19-21-32)17-7-1-2-8-22-35(33,34)30-25-9-3-4-10-25/h5-6,11-16,25,27,30H,1-4,7-10,17-22H2. The molecule has 0 bridgehead atoms. The summed E-state index contributed by atoms with van der Waals surface area (Å²) in [5.41, 5.74) is 2.06. The van der Waals surface area contributed by atoms with Crippen LogP contribution in [0.15, 0.2) is 48.7 Å². The summed E-state index contributed by atoms with van der Waals surface area (Å²) in [7, 11) is -3.13. The molecule has 4 rings (SSSR count). The van der Waals surface area contributed by atoms with E-state index in [-0.39, 0.29) is 23.7 Å². The van der Waals surface area contributed by atoms with Gasteiger partial charge >= 0.3 is 0 Å². The van der Waals surface area contributed by atoms with Crippen molar-refractivity contribution in [3.8, 4) is 0 Å². The summed E-state index contributed by atoms with van der Waals surface area (Å²) < 4.78 is 40.8. The van der Waals surface area contributed by atoms with Crippen LogP contribution in [0.3, 0.4) is 0 Å². The Kier molecular flexibility index (Phi) is 9.66. The largest absolute Gasteiger partial charge is 0.301 e. The Balaban J connectivity index is 1.18. The lowest BCUT2D eigenvalue weighted by molar-refractivity contribution is 0.107. The van der Waals surface area contributed by atoms with Crippen LogP contribution in [0.4, 0.5) is 4.39 Å². The van der Waals surface area contributed by atoms with E-state index in [2.05, 4.69) is 19.5 Å². The minimum absolute atomic E-state index is 0.0266. The van der Waals surface area contributed by atoms with Crippen molar-refractivity contribution in [3.63, 3.8) is 0 Å². The van der Waals surface area contributed by atoms with Crippen LogP contribution in [0.2, 0.25) is 0 Å². The van der Waals surface area contributed by atoms with E-state index < -0.39 is 10.0 Å². The molecule has 1 unspecified atom stereocenters. The summed E-state index contributed by atoms with van der Waals surface area (Å²) in [5, 5.41) is 0. The molecular formula is C27H39FN4O2S. The molecule has 1 aliphatic carbocycles. The van der Waals surface area contributed by atoms with Gasteiger partial charge in [0.15, 0.2) is 0 Å². The van der Waals surface area contributed by atoms with E-state index in [1.807, 2.05) is 36.5 Å². The van der Waals surface area contributed by atoms with Gasteiger partial charge in [0.2, 0.25) is 10.0 Å². The molecule has 1 saturated carbocycles. The first kappa shape index (κ1) is 26.2. The van der Waals surface area contributed by atoms with E-state index in [0.717, 1.165) is 95.3 Å². The molecule has 192 valence electrons. The van der Waals surface area contributed by atoms with Gasteiger partial charge in [-0.1, -0.05) is 43.9 Å². The van der Waals surface area contributed by atoms with Crippen LogP contribution < -0.4 is 4.72 Å². The highest BCUT2D eigenvalue weighted by atomic mass is 32.2. The third-order valence-electron chi connectivity index (χ3n) is 7.26. The maximum atomic E-state index is 13.5. The SMILES string of the molecule is O=S(=O)(CCCCCCN1CCN(C(c2ccc(F)cc2)c2ccccn2)CC1)NC1CCCC1. The van der Waals surface area contributed by atoms with Crippen molar-refractivity contribution in [2.45, 2.75) is 63.5 Å². The first-order valence-corrected chi connectivity index (χ1v) is 14.8. The number of aromatic nitrogens is 1. The fourth-order valence-electron chi connectivity index (χ4n) is 5.33. The predicted molar refractivity (Wildman–Crippen MR) is 138 cm³/mol. The van der Waals surface area contributed by atoms with Gasteiger partial charge < -0.3 is 4.90 Å². The number of hydrogen-bond donors (Lipinski definition) is 1. The summed E-state index contributed by atoms with van der Waals surface area (Å²) in [4.78, 5) is 9.53. The lowest BCUT2D eigenvalue weighted by atomic mass is 10.00. The van der Waals surface area contributed by atoms with Gasteiger partial charge in [0.1, 0.15) is 5.82 Å². The van der Waals surface area contributed by atoms with Crippen LogP contribution in [0.1, 0.15) is 68.7 Å². The van der Waals surface area contributed by atoms with E-state index >= 15 is 0 Å². The molecule has 1 aromatic carbocycles. The number of benzene rings is 1. The molecule has 2 aromatic rings. The topological polar surface area (TPSA) is 65.5 Å². The van der Waals surface area contributed by atoms with Gasteiger partial charge in [-0.3, -0.25) is 9.88 Å². The molecule has 2 heterocycles. The zero-order valence-corrected chi connectivity index (χ0v) is 21.4. The number of sulfonamides is 1. The molecule has 1 saturated heterocycles. The lowest BCUT2D eigenvalue weighted by Crippen LogP contribution is -2.48. The van der Waals surface area contributed by atoms with Crippen molar-refractivity contribution < 1.29 is 12.8 Å². The van der Waals surface area contributed by atoms with Crippen LogP contribution in [0.25, 0.3) is 0 Å². The number of hydrogen-bond acceptors (Lipinski definition) is 5. The Morgan fingerprint density at radius 2 is 1.66 bits per heavy atom. The molecule has 8 heteroatoms. The Morgan fingerprint density at radius 3 is 2.34 bits per heavy atom. The van der Waals surface area contributed by atoms with Gasteiger partial charge in [-0.2, -0.15) is 0 Å². The van der Waals surface area contributed by atoms with Crippen molar-refractivity contribution in [1.82, 2.24) is 19.5 Å². The molecule has 0 radical (unpaired) electrons. The Labute approximate surface area is 210 Å². The van der Waals surface area contributed by atoms with Crippen molar-refractivity contribution in [3.05, 3.63) is 65.7 Å². The summed E-state index contributed by atoms with van der Waals surface area (Å²) in [6, 6.07) is 12.9. The number of nitrogens with one attached hydrogen (secondary N) is 1. The number of nitrogens with zero attached hydrogens (tertiary/aromatic N) is 3. The molecule has 1 N–H and O–H groups in total. The lowest BCUT2D eigenvalue weighted by Gasteiger charge is -2.39. The van der Waals surface area contributed by atoms with E-state index in [4.69, 9.17) is 0 Å². The second-order valence-corrected chi connectivity index (χ2v) is 11.8. The maximum Gasteiger partial charge on any atom is 0.211 e. The summed E-state index contributed by atoms with van der Waals surface area (Å²) in [5.74, 6) is 0.0292. The number of piperazine rings is 1. The Bertz CT molecular complexity index is 990. The highest BCUT2D eigenvalue weighted by molar-refractivity contribution is 7.89. The average Bonchev–Trinajstić information content (AvgIpc) is 3.36. The highest BCUT2D eigenvalue weighted by Gasteiger charge is 2.27. The number of pyridine rings is 1. The summed E-state index contributed by atoms with van der Waals surface area (Å²) in [6.07, 6.45) is 9.91. The second kappa shape index (κ2) is 12.9. The molecule has 1 aromatic heterocycles. The van der Waals surface area contributed by atoms with E-state index in [1.165, 1.54) is 12.1 Å². The second-order valence-electron chi connectivity index (χ2n) is 9.92. The minimum Gasteiger partial charge on any atom is -0.301 e. The van der Waals surface area contributed by atoms with Crippen LogP contribution in [-0.4, -0.2) is 67.7 Å². The third kappa shape index (κ3) is 8.07. The molecule has 2 fully saturated rings. The van der Waals surface area contributed by atoms with Gasteiger partial charge in [0, 0.05) is 38.4 Å². The zero-order valence-electron chi connectivity index (χ0n) is 20.6. The molecule has 2 aliphatic rings. The Morgan fingerprint density at radius 1 is 0.943 bits per heavy atom. The van der Waals surface area contributed by atoms with Crippen molar-refractivity contribution in [1.29, 1.82) is 0 Å². The van der Waals surface area contributed by atoms with E-state index in [1.54, 1.807) is 0 Å². The van der Waals surface area contributed by atoms with Crippen LogP contribution in [0, 0.1) is 5.82 Å². The number of rotatable bonds is 12. The first-order valence-electron chi connectivity index (χ1n) is 13.1. The van der Waals surface area contributed by atoms with Gasteiger partial charge in [0.05, 0.1) is 17.5 Å². The normalized spacial score (nSPS) is 19.2. The molecule has 0 amide bonds. The smallest absolute Gasteiger partial charge is 0.211 e. The minimum atomic E-state index is -3.13. The van der Waals surface area contributed by atoms with Crippen LogP contribution in [-0.2, 0) is 10.0 Å². The molecule has 6 nitrogen and oxygen atoms in total. The van der Waals surface area contributed by atoms with Gasteiger partial charge in [-0.15, -0.1) is 0 Å². The van der Waals surface area contributed by atoms with Gasteiger partial charge in [0.25, 0.3) is 0 Å². The molecule has 1 aliphatic heterocycles. The van der Waals surface area contributed by atoms with E-state index in [9.17, 15) is 12.8 Å². The van der Waals surface area contributed by atoms with Crippen molar-refractivity contribution >= 4 is 10.0 Å². The van der Waals surface area contributed by atoms with Crippen LogP contribution >= 0.6 is 0 Å². The third-order valence-corrected chi connectivity index (χ3v) is 8.78. The van der Waals surface area contributed by atoms with Crippen molar-refractivity contribution in [2.24, 2.45) is 0 Å². The summed E-state index contributed by atoms with van der Waals surface area (Å²) in [6.45, 7) is 4.90. The highest BCUT2D eigenvalue weighted by Crippen LogP contribution is 2.28. The van der Waals surface area contributed by atoms with Crippen molar-refractivity contribution in [2.75, 3.05) is 38.5 Å². The van der Waals surface area contributed by atoms with Crippen LogP contribution in [0.5, 0.6) is 0 Å². The fourth-order valence-corrected chi connectivity index (χ4v) is 6.78. The Hall–Kier alpha value is -1.87. The van der Waals surface area contributed by atoms with E-state index in [0.29, 0.717) is 0 Å². The molecule has 0 spiro atoms. The quantitative estimate of drug-likeness (QED) is 0.437. The van der Waals surface area contributed by atoms with Gasteiger partial charge in [-0.05, 0) is 62.1 Å². The number of unbranched alkanes of at least 4 members (excludes halogenated alkanes) is 3. The summed E-state index contributed by atoms with van der Waals surface area (Å²) >= 11 is 0. The first-order chi connectivity index (χ1) is 17.0. The monoisotopic (exact) mass is 502 g/mol.